The third kappa shape index (κ3) is 3.81. The van der Waals surface area contributed by atoms with Crippen molar-refractivity contribution in [2.45, 2.75) is 6.42 Å². The first-order chi connectivity index (χ1) is 13.0. The van der Waals surface area contributed by atoms with E-state index in [1.807, 2.05) is 0 Å². The number of oxime groups is 1. The zero-order valence-corrected chi connectivity index (χ0v) is 14.6. The van der Waals surface area contributed by atoms with E-state index in [-0.39, 0.29) is 17.0 Å². The first kappa shape index (κ1) is 18.2. The quantitative estimate of drug-likeness (QED) is 0.451. The molecule has 0 aromatic heterocycles. The maximum atomic E-state index is 12.2. The van der Waals surface area contributed by atoms with E-state index < -0.39 is 10.9 Å². The Morgan fingerprint density at radius 2 is 2.00 bits per heavy atom. The third-order valence-electron chi connectivity index (χ3n) is 3.95. The van der Waals surface area contributed by atoms with E-state index >= 15 is 0 Å². The summed E-state index contributed by atoms with van der Waals surface area (Å²) in [7, 11) is 2.86. The molecule has 0 N–H and O–H groups in total. The minimum absolute atomic E-state index is 0.00568. The number of carbonyl (C=O) groups is 1. The Balaban J connectivity index is 1.82. The second-order valence-corrected chi connectivity index (χ2v) is 5.52. The Labute approximate surface area is 154 Å². The Kier molecular flexibility index (Phi) is 5.20. The molecule has 140 valence electrons. The zero-order chi connectivity index (χ0) is 19.4. The van der Waals surface area contributed by atoms with Crippen LogP contribution in [0.1, 0.15) is 22.3 Å². The summed E-state index contributed by atoms with van der Waals surface area (Å²) in [5, 5.41) is 15.0. The number of benzene rings is 2. The third-order valence-corrected chi connectivity index (χ3v) is 3.95. The zero-order valence-electron chi connectivity index (χ0n) is 14.6. The van der Waals surface area contributed by atoms with E-state index in [0.717, 1.165) is 6.07 Å². The van der Waals surface area contributed by atoms with Gasteiger partial charge in [0.15, 0.2) is 5.75 Å². The molecule has 0 atom stereocenters. The van der Waals surface area contributed by atoms with Crippen LogP contribution in [0.15, 0.2) is 41.6 Å². The summed E-state index contributed by atoms with van der Waals surface area (Å²) in [5.74, 6) is 0.456. The van der Waals surface area contributed by atoms with Crippen molar-refractivity contribution in [2.24, 2.45) is 5.16 Å². The highest BCUT2D eigenvalue weighted by atomic mass is 16.7. The number of rotatable bonds is 5. The molecule has 27 heavy (non-hydrogen) atoms. The number of methoxy groups -OCH3 is 2. The van der Waals surface area contributed by atoms with Gasteiger partial charge in [-0.15, -0.1) is 0 Å². The highest BCUT2D eigenvalue weighted by molar-refractivity contribution is 6.04. The fraction of sp³-hybridized carbons (Fsp3) is 0.222. The monoisotopic (exact) mass is 372 g/mol. The van der Waals surface area contributed by atoms with Crippen molar-refractivity contribution >= 4 is 17.4 Å². The molecular weight excluding hydrogens is 356 g/mol. The van der Waals surface area contributed by atoms with E-state index in [1.54, 1.807) is 25.3 Å². The van der Waals surface area contributed by atoms with Gasteiger partial charge >= 0.3 is 11.7 Å². The lowest BCUT2D eigenvalue weighted by atomic mass is 10.0. The first-order valence-corrected chi connectivity index (χ1v) is 7.95. The van der Waals surface area contributed by atoms with Crippen molar-refractivity contribution < 1.29 is 28.8 Å². The molecule has 0 bridgehead atoms. The van der Waals surface area contributed by atoms with Crippen LogP contribution in [-0.4, -0.2) is 37.4 Å². The molecule has 2 aromatic rings. The molecule has 0 saturated carbocycles. The molecule has 0 amide bonds. The lowest BCUT2D eigenvalue weighted by Crippen LogP contribution is -2.17. The number of nitro benzene ring substituents is 1. The molecule has 9 heteroatoms. The van der Waals surface area contributed by atoms with E-state index in [9.17, 15) is 14.9 Å². The van der Waals surface area contributed by atoms with E-state index in [2.05, 4.69) is 5.16 Å². The molecule has 1 heterocycles. The van der Waals surface area contributed by atoms with Crippen molar-refractivity contribution in [1.29, 1.82) is 0 Å². The molecule has 1 aliphatic heterocycles. The summed E-state index contributed by atoms with van der Waals surface area (Å²) in [5.41, 5.74) is 0.891. The summed E-state index contributed by atoms with van der Waals surface area (Å²) in [6.07, 6.45) is 0.454. The summed E-state index contributed by atoms with van der Waals surface area (Å²) in [6.45, 7) is 0.380. The van der Waals surface area contributed by atoms with Gasteiger partial charge in [0.05, 0.1) is 37.0 Å². The molecular formula is C18H16N2O7. The fourth-order valence-corrected chi connectivity index (χ4v) is 2.58. The van der Waals surface area contributed by atoms with Crippen LogP contribution in [0.3, 0.4) is 0 Å². The van der Waals surface area contributed by atoms with E-state index in [0.29, 0.717) is 35.8 Å². The van der Waals surface area contributed by atoms with Crippen LogP contribution in [0.25, 0.3) is 0 Å². The molecule has 9 nitrogen and oxygen atoms in total. The Bertz CT molecular complexity index is 924. The van der Waals surface area contributed by atoms with Gasteiger partial charge in [0.1, 0.15) is 11.5 Å². The van der Waals surface area contributed by atoms with Gasteiger partial charge in [0.25, 0.3) is 0 Å². The summed E-state index contributed by atoms with van der Waals surface area (Å²) >= 11 is 0. The van der Waals surface area contributed by atoms with Crippen LogP contribution in [0, 0.1) is 10.1 Å². The van der Waals surface area contributed by atoms with Crippen molar-refractivity contribution in [2.75, 3.05) is 20.8 Å². The number of fused-ring (bicyclic) bond motifs is 1. The number of nitrogens with zero attached hydrogens (tertiary/aromatic N) is 2. The maximum absolute atomic E-state index is 12.2. The van der Waals surface area contributed by atoms with Crippen LogP contribution >= 0.6 is 0 Å². The molecule has 0 radical (unpaired) electrons. The molecule has 2 aromatic carbocycles. The molecule has 3 rings (SSSR count). The number of hydrogen-bond donors (Lipinski definition) is 0. The molecule has 0 saturated heterocycles. The van der Waals surface area contributed by atoms with Crippen LogP contribution in [0.5, 0.6) is 17.2 Å². The van der Waals surface area contributed by atoms with Crippen LogP contribution in [0.2, 0.25) is 0 Å². The largest absolute Gasteiger partial charge is 0.497 e. The second kappa shape index (κ2) is 7.73. The van der Waals surface area contributed by atoms with Crippen molar-refractivity contribution in [3.05, 3.63) is 57.6 Å². The summed E-state index contributed by atoms with van der Waals surface area (Å²) in [4.78, 5) is 27.7. The van der Waals surface area contributed by atoms with Gasteiger partial charge in [-0.25, -0.2) is 4.79 Å². The van der Waals surface area contributed by atoms with E-state index in [1.165, 1.54) is 19.2 Å². The van der Waals surface area contributed by atoms with Crippen molar-refractivity contribution in [3.8, 4) is 17.2 Å². The molecule has 0 unspecified atom stereocenters. The first-order valence-electron chi connectivity index (χ1n) is 7.95. The van der Waals surface area contributed by atoms with Crippen LogP contribution in [0.4, 0.5) is 5.69 Å². The minimum atomic E-state index is -0.810. The second-order valence-electron chi connectivity index (χ2n) is 5.52. The highest BCUT2D eigenvalue weighted by Crippen LogP contribution is 2.30. The fourth-order valence-electron chi connectivity index (χ4n) is 2.58. The average molecular weight is 372 g/mol. The smallest absolute Gasteiger partial charge is 0.365 e. The van der Waals surface area contributed by atoms with Gasteiger partial charge < -0.3 is 19.0 Å². The highest BCUT2D eigenvalue weighted by Gasteiger charge is 2.21. The Morgan fingerprint density at radius 1 is 1.19 bits per heavy atom. The van der Waals surface area contributed by atoms with Crippen LogP contribution < -0.4 is 14.2 Å². The summed E-state index contributed by atoms with van der Waals surface area (Å²) < 4.78 is 15.6. The van der Waals surface area contributed by atoms with Gasteiger partial charge in [0.2, 0.25) is 0 Å². The predicted molar refractivity (Wildman–Crippen MR) is 94.7 cm³/mol. The maximum Gasteiger partial charge on any atom is 0.365 e. The molecule has 0 spiro atoms. The Hall–Kier alpha value is -3.62. The van der Waals surface area contributed by atoms with Gasteiger partial charge in [-0.2, -0.15) is 0 Å². The Morgan fingerprint density at radius 3 is 2.70 bits per heavy atom. The standard InChI is InChI=1S/C18H16N2O7/c1-24-12-4-5-13-14(7-8-26-17(13)10-12)19-27-18(21)11-3-6-16(25-2)15(9-11)20(22)23/h3-6,9-10H,7-8H2,1-2H3. The number of hydrogen-bond acceptors (Lipinski definition) is 8. The van der Waals surface area contributed by atoms with Crippen molar-refractivity contribution in [3.63, 3.8) is 0 Å². The number of nitro groups is 1. The lowest BCUT2D eigenvalue weighted by molar-refractivity contribution is -0.385. The SMILES string of the molecule is COc1ccc2c(c1)OCCC2=NOC(=O)c1ccc(OC)c([N+](=O)[O-])c1. The molecule has 0 aliphatic carbocycles. The predicted octanol–water partition coefficient (Wildman–Crippen LogP) is 2.96. The topological polar surface area (TPSA) is 109 Å². The number of carbonyl (C=O) groups excluding carboxylic acids is 1. The van der Waals surface area contributed by atoms with Gasteiger partial charge in [-0.05, 0) is 24.3 Å². The average Bonchev–Trinajstić information content (AvgIpc) is 2.70. The van der Waals surface area contributed by atoms with E-state index in [4.69, 9.17) is 19.0 Å². The van der Waals surface area contributed by atoms with Gasteiger partial charge in [0, 0.05) is 24.1 Å². The van der Waals surface area contributed by atoms with Gasteiger partial charge in [-0.3, -0.25) is 10.1 Å². The normalized spacial score (nSPS) is 14.1. The van der Waals surface area contributed by atoms with Crippen LogP contribution in [-0.2, 0) is 4.84 Å². The summed E-state index contributed by atoms with van der Waals surface area (Å²) in [6, 6.07) is 9.02. The lowest BCUT2D eigenvalue weighted by Gasteiger charge is -2.19. The molecule has 0 fully saturated rings. The minimum Gasteiger partial charge on any atom is -0.497 e. The molecule has 1 aliphatic rings. The van der Waals surface area contributed by atoms with Crippen molar-refractivity contribution in [1.82, 2.24) is 0 Å². The number of ether oxygens (including phenoxy) is 3. The van der Waals surface area contributed by atoms with Gasteiger partial charge in [-0.1, -0.05) is 5.16 Å².